The van der Waals surface area contributed by atoms with Crippen molar-refractivity contribution in [2.45, 2.75) is 71.9 Å². The summed E-state index contributed by atoms with van der Waals surface area (Å²) in [6.07, 6.45) is 7.33. The van der Waals surface area contributed by atoms with Gasteiger partial charge in [0.25, 0.3) is 5.91 Å². The van der Waals surface area contributed by atoms with Gasteiger partial charge in [-0.25, -0.2) is 0 Å². The number of nitrogens with one attached hydrogen (secondary N) is 1. The third-order valence-electron chi connectivity index (χ3n) is 6.45. The fraction of sp³-hybridized carbons (Fsp3) is 0.560. The van der Waals surface area contributed by atoms with Crippen LogP contribution in [0.2, 0.25) is 0 Å². The average molecular weight is 413 g/mol. The van der Waals surface area contributed by atoms with Crippen molar-refractivity contribution in [2.24, 2.45) is 5.92 Å². The van der Waals surface area contributed by atoms with E-state index in [-0.39, 0.29) is 11.9 Å². The molecule has 0 saturated heterocycles. The maximum Gasteiger partial charge on any atom is 0.253 e. The zero-order valence-electron chi connectivity index (χ0n) is 19.1. The third-order valence-corrected chi connectivity index (χ3v) is 6.45. The van der Waals surface area contributed by atoms with Crippen molar-refractivity contribution in [1.29, 1.82) is 0 Å². The molecule has 1 saturated carbocycles. The third kappa shape index (κ3) is 4.82. The summed E-state index contributed by atoms with van der Waals surface area (Å²) >= 11 is 0. The highest BCUT2D eigenvalue weighted by atomic mass is 16.5. The van der Waals surface area contributed by atoms with Crippen LogP contribution < -0.4 is 14.8 Å². The van der Waals surface area contributed by atoms with Crippen LogP contribution in [0.15, 0.2) is 24.3 Å². The Morgan fingerprint density at radius 1 is 1.17 bits per heavy atom. The van der Waals surface area contributed by atoms with E-state index in [0.717, 1.165) is 47.0 Å². The zero-order chi connectivity index (χ0) is 21.7. The summed E-state index contributed by atoms with van der Waals surface area (Å²) in [5.41, 5.74) is 3.73. The summed E-state index contributed by atoms with van der Waals surface area (Å²) in [5, 5.41) is 3.13. The lowest BCUT2D eigenvalue weighted by atomic mass is 9.89. The van der Waals surface area contributed by atoms with Gasteiger partial charge in [-0.15, -0.1) is 0 Å². The summed E-state index contributed by atoms with van der Waals surface area (Å²) in [7, 11) is 3.35. The SMILES string of the molecule is CC[C@@H](C)NC(=O)c1cc(-c2cc(OC)ccc2OC)n(CC2CCCCC2)c1C. The van der Waals surface area contributed by atoms with Gasteiger partial charge in [0.05, 0.1) is 25.5 Å². The van der Waals surface area contributed by atoms with Crippen molar-refractivity contribution in [3.8, 4) is 22.8 Å². The fourth-order valence-corrected chi connectivity index (χ4v) is 4.38. The van der Waals surface area contributed by atoms with Gasteiger partial charge in [-0.05, 0) is 63.3 Å². The maximum absolute atomic E-state index is 13.0. The normalized spacial score (nSPS) is 15.6. The number of methoxy groups -OCH3 is 2. The summed E-state index contributed by atoms with van der Waals surface area (Å²) in [5.74, 6) is 2.20. The number of nitrogens with zero attached hydrogens (tertiary/aromatic N) is 1. The van der Waals surface area contributed by atoms with E-state index in [1.165, 1.54) is 32.1 Å². The number of hydrogen-bond acceptors (Lipinski definition) is 3. The molecule has 2 aromatic rings. The van der Waals surface area contributed by atoms with E-state index >= 15 is 0 Å². The van der Waals surface area contributed by atoms with Crippen LogP contribution in [-0.4, -0.2) is 30.7 Å². The number of ether oxygens (including phenoxy) is 2. The summed E-state index contributed by atoms with van der Waals surface area (Å²) in [6, 6.07) is 8.00. The summed E-state index contributed by atoms with van der Waals surface area (Å²) < 4.78 is 13.5. The van der Waals surface area contributed by atoms with E-state index in [9.17, 15) is 4.79 Å². The van der Waals surface area contributed by atoms with E-state index in [4.69, 9.17) is 9.47 Å². The van der Waals surface area contributed by atoms with Crippen LogP contribution in [0.5, 0.6) is 11.5 Å². The standard InChI is InChI=1S/C25H36N2O3/c1-6-17(2)26-25(28)21-15-23(22-14-20(29-4)12-13-24(22)30-5)27(18(21)3)16-19-10-8-7-9-11-19/h12-15,17,19H,6-11,16H2,1-5H3,(H,26,28)/t17-/m1/s1. The van der Waals surface area contributed by atoms with Crippen molar-refractivity contribution >= 4 is 5.91 Å². The van der Waals surface area contributed by atoms with Crippen molar-refractivity contribution in [3.05, 3.63) is 35.5 Å². The molecule has 5 heteroatoms. The number of carbonyl (C=O) groups excluding carboxylic acids is 1. The quantitative estimate of drug-likeness (QED) is 0.615. The van der Waals surface area contributed by atoms with Gasteiger partial charge < -0.3 is 19.4 Å². The molecule has 1 N–H and O–H groups in total. The lowest BCUT2D eigenvalue weighted by Crippen LogP contribution is -2.32. The summed E-state index contributed by atoms with van der Waals surface area (Å²) in [6.45, 7) is 7.11. The monoisotopic (exact) mass is 412 g/mol. The van der Waals surface area contributed by atoms with Crippen LogP contribution in [0.3, 0.4) is 0 Å². The second-order valence-corrected chi connectivity index (χ2v) is 8.49. The van der Waals surface area contributed by atoms with Crippen molar-refractivity contribution < 1.29 is 14.3 Å². The number of hydrogen-bond donors (Lipinski definition) is 1. The number of rotatable bonds is 8. The second kappa shape index (κ2) is 10.1. The predicted octanol–water partition coefficient (Wildman–Crippen LogP) is 5.59. The lowest BCUT2D eigenvalue weighted by molar-refractivity contribution is 0.0938. The molecule has 0 spiro atoms. The van der Waals surface area contributed by atoms with Gasteiger partial charge in [-0.1, -0.05) is 26.2 Å². The number of aromatic nitrogens is 1. The van der Waals surface area contributed by atoms with Crippen molar-refractivity contribution in [3.63, 3.8) is 0 Å². The predicted molar refractivity (Wildman–Crippen MR) is 122 cm³/mol. The first kappa shape index (κ1) is 22.3. The van der Waals surface area contributed by atoms with Gasteiger partial charge in [0.2, 0.25) is 0 Å². The fourth-order valence-electron chi connectivity index (χ4n) is 4.38. The molecule has 0 bridgehead atoms. The molecule has 0 unspecified atom stereocenters. The van der Waals surface area contributed by atoms with Crippen LogP contribution in [-0.2, 0) is 6.54 Å². The first-order valence-electron chi connectivity index (χ1n) is 11.2. The molecule has 1 heterocycles. The van der Waals surface area contributed by atoms with Gasteiger partial charge in [0, 0.05) is 23.8 Å². The largest absolute Gasteiger partial charge is 0.497 e. The molecular weight excluding hydrogens is 376 g/mol. The molecule has 1 aliphatic carbocycles. The first-order chi connectivity index (χ1) is 14.5. The average Bonchev–Trinajstić information content (AvgIpc) is 3.09. The highest BCUT2D eigenvalue weighted by Gasteiger charge is 2.24. The summed E-state index contributed by atoms with van der Waals surface area (Å²) in [4.78, 5) is 13.0. The molecule has 1 fully saturated rings. The van der Waals surface area contributed by atoms with Crippen LogP contribution in [0.1, 0.15) is 68.4 Å². The van der Waals surface area contributed by atoms with Crippen LogP contribution >= 0.6 is 0 Å². The molecule has 1 aromatic heterocycles. The Labute approximate surface area is 180 Å². The minimum Gasteiger partial charge on any atom is -0.497 e. The van der Waals surface area contributed by atoms with Gasteiger partial charge in [0.15, 0.2) is 0 Å². The molecular formula is C25H36N2O3. The van der Waals surface area contributed by atoms with Crippen LogP contribution in [0.4, 0.5) is 0 Å². The molecule has 1 atom stereocenters. The van der Waals surface area contributed by atoms with E-state index in [0.29, 0.717) is 5.92 Å². The van der Waals surface area contributed by atoms with Crippen LogP contribution in [0, 0.1) is 12.8 Å². The minimum atomic E-state index is -0.00708. The Balaban J connectivity index is 2.08. The Morgan fingerprint density at radius 3 is 2.53 bits per heavy atom. The van der Waals surface area contributed by atoms with E-state index in [2.05, 4.69) is 23.7 Å². The van der Waals surface area contributed by atoms with Crippen molar-refractivity contribution in [1.82, 2.24) is 9.88 Å². The second-order valence-electron chi connectivity index (χ2n) is 8.49. The number of amides is 1. The first-order valence-corrected chi connectivity index (χ1v) is 11.2. The van der Waals surface area contributed by atoms with Gasteiger partial charge in [-0.2, -0.15) is 0 Å². The van der Waals surface area contributed by atoms with Crippen LogP contribution in [0.25, 0.3) is 11.3 Å². The Kier molecular flexibility index (Phi) is 7.46. The molecule has 5 nitrogen and oxygen atoms in total. The molecule has 1 aromatic carbocycles. The molecule has 30 heavy (non-hydrogen) atoms. The molecule has 0 aliphatic heterocycles. The Hall–Kier alpha value is -2.43. The van der Waals surface area contributed by atoms with Crippen molar-refractivity contribution in [2.75, 3.05) is 14.2 Å². The topological polar surface area (TPSA) is 52.5 Å². The number of carbonyl (C=O) groups is 1. The molecule has 3 rings (SSSR count). The smallest absolute Gasteiger partial charge is 0.253 e. The van der Waals surface area contributed by atoms with Gasteiger partial charge in [0.1, 0.15) is 11.5 Å². The van der Waals surface area contributed by atoms with Gasteiger partial charge >= 0.3 is 0 Å². The maximum atomic E-state index is 13.0. The highest BCUT2D eigenvalue weighted by Crippen LogP contribution is 2.37. The highest BCUT2D eigenvalue weighted by molar-refractivity contribution is 5.97. The lowest BCUT2D eigenvalue weighted by Gasteiger charge is -2.24. The molecule has 1 aliphatic rings. The van der Waals surface area contributed by atoms with Gasteiger partial charge in [-0.3, -0.25) is 4.79 Å². The molecule has 1 amide bonds. The molecule has 0 radical (unpaired) electrons. The van der Waals surface area contributed by atoms with E-state index in [1.54, 1.807) is 14.2 Å². The van der Waals surface area contributed by atoms with E-state index in [1.807, 2.05) is 31.2 Å². The minimum absolute atomic E-state index is 0.00708. The van der Waals surface area contributed by atoms with E-state index < -0.39 is 0 Å². The Morgan fingerprint density at radius 2 is 1.90 bits per heavy atom. The molecule has 164 valence electrons. The number of benzene rings is 1. The zero-order valence-corrected chi connectivity index (χ0v) is 19.1. The Bertz CT molecular complexity index is 866.